The van der Waals surface area contributed by atoms with E-state index in [0.29, 0.717) is 6.61 Å². The van der Waals surface area contributed by atoms with Gasteiger partial charge in [-0.15, -0.1) is 0 Å². The van der Waals surface area contributed by atoms with Crippen LogP contribution in [-0.4, -0.2) is 12.7 Å². The Labute approximate surface area is 144 Å². The summed E-state index contributed by atoms with van der Waals surface area (Å²) in [5.74, 6) is 0. The summed E-state index contributed by atoms with van der Waals surface area (Å²) in [6.45, 7) is 2.69. The van der Waals surface area contributed by atoms with Gasteiger partial charge in [0.1, 0.15) is 0 Å². The predicted octanol–water partition coefficient (Wildman–Crippen LogP) is 7.06. The summed E-state index contributed by atoms with van der Waals surface area (Å²) in [7, 11) is 0. The molecule has 0 saturated carbocycles. The number of hydrogen-bond acceptors (Lipinski definition) is 2. The average Bonchev–Trinajstić information content (AvgIpc) is 2.53. The van der Waals surface area contributed by atoms with Crippen molar-refractivity contribution in [1.29, 1.82) is 0 Å². The summed E-state index contributed by atoms with van der Waals surface area (Å²) >= 11 is 0. The minimum absolute atomic E-state index is 0.418. The van der Waals surface area contributed by atoms with Crippen LogP contribution in [0.2, 0.25) is 0 Å². The molecule has 0 aromatic heterocycles. The van der Waals surface area contributed by atoms with Crippen molar-refractivity contribution in [3.63, 3.8) is 0 Å². The van der Waals surface area contributed by atoms with Gasteiger partial charge in [0.15, 0.2) is 0 Å². The zero-order valence-electron chi connectivity index (χ0n) is 15.5. The first-order chi connectivity index (χ1) is 11.3. The van der Waals surface area contributed by atoms with Gasteiger partial charge in [-0.05, 0) is 6.42 Å². The topological polar surface area (TPSA) is 50.1 Å². The molecule has 0 atom stereocenters. The molecule has 3 heteroatoms. The molecule has 0 aliphatic heterocycles. The van der Waals surface area contributed by atoms with Crippen LogP contribution < -0.4 is 5.73 Å². The van der Waals surface area contributed by atoms with Crippen LogP contribution in [0.5, 0.6) is 0 Å². The van der Waals surface area contributed by atoms with Gasteiger partial charge in [-0.1, -0.05) is 110 Å². The lowest BCUT2D eigenvalue weighted by Crippen LogP contribution is -2.03. The molecule has 0 aromatic carbocycles. The molecule has 1 N–H and O–H groups in total. The third-order valence-corrected chi connectivity index (χ3v) is 4.48. The van der Waals surface area contributed by atoms with Gasteiger partial charge in [0.25, 0.3) is 0 Å². The Balaban J connectivity index is 2.96. The summed E-state index contributed by atoms with van der Waals surface area (Å²) < 4.78 is 4.59. The summed E-state index contributed by atoms with van der Waals surface area (Å²) in [4.78, 5) is 10.3. The molecule has 0 unspecified atom stereocenters. The molecule has 1 radical (unpaired) electrons. The Hall–Kier alpha value is -0.730. The third kappa shape index (κ3) is 21.3. The molecule has 23 heavy (non-hydrogen) atoms. The lowest BCUT2D eigenvalue weighted by Gasteiger charge is -2.04. The van der Waals surface area contributed by atoms with Crippen LogP contribution in [-0.2, 0) is 4.74 Å². The molecule has 0 aromatic rings. The second-order valence-electron chi connectivity index (χ2n) is 6.79. The Morgan fingerprint density at radius 3 is 1.22 bits per heavy atom. The van der Waals surface area contributed by atoms with E-state index in [1.54, 1.807) is 0 Å². The molecular weight excluding hydrogens is 286 g/mol. The first-order valence-electron chi connectivity index (χ1n) is 10.2. The Kier molecular flexibility index (Phi) is 18.7. The number of ether oxygens (including phenoxy) is 1. The second kappa shape index (κ2) is 19.3. The number of rotatable bonds is 18. The van der Waals surface area contributed by atoms with Crippen LogP contribution >= 0.6 is 0 Å². The fourth-order valence-electron chi connectivity index (χ4n) is 2.99. The van der Waals surface area contributed by atoms with E-state index in [9.17, 15) is 4.79 Å². The summed E-state index contributed by atoms with van der Waals surface area (Å²) in [5, 5.41) is 0. The number of nitrogens with one attached hydrogen (secondary N) is 1. The van der Waals surface area contributed by atoms with Crippen molar-refractivity contribution in [2.24, 2.45) is 0 Å². The van der Waals surface area contributed by atoms with Crippen LogP contribution in [0.1, 0.15) is 116 Å². The summed E-state index contributed by atoms with van der Waals surface area (Å²) in [6, 6.07) is 0. The van der Waals surface area contributed by atoms with E-state index in [1.165, 1.54) is 96.3 Å². The highest BCUT2D eigenvalue weighted by molar-refractivity contribution is 5.63. The molecule has 0 bridgehead atoms. The number of unbranched alkanes of at least 4 members (excludes halogenated alkanes) is 16. The van der Waals surface area contributed by atoms with E-state index >= 15 is 0 Å². The largest absolute Gasteiger partial charge is 0.448 e. The highest BCUT2D eigenvalue weighted by Gasteiger charge is 1.96. The molecule has 0 heterocycles. The standard InChI is InChI=1S/C20H40NO2/c1-2-3-4-5-6-7-8-9-10-11-12-13-14-15-16-17-18-19-23-20(21)22/h21H,2-19H2,1H3. The highest BCUT2D eigenvalue weighted by atomic mass is 16.5. The van der Waals surface area contributed by atoms with Gasteiger partial charge in [0.2, 0.25) is 0 Å². The van der Waals surface area contributed by atoms with Gasteiger partial charge < -0.3 is 4.74 Å². The van der Waals surface area contributed by atoms with Gasteiger partial charge in [0, 0.05) is 0 Å². The highest BCUT2D eigenvalue weighted by Crippen LogP contribution is 2.13. The minimum Gasteiger partial charge on any atom is -0.448 e. The van der Waals surface area contributed by atoms with Crippen LogP contribution in [0.4, 0.5) is 4.79 Å². The van der Waals surface area contributed by atoms with E-state index in [4.69, 9.17) is 5.73 Å². The van der Waals surface area contributed by atoms with Crippen molar-refractivity contribution >= 4 is 6.09 Å². The van der Waals surface area contributed by atoms with Crippen molar-refractivity contribution in [2.75, 3.05) is 6.61 Å². The molecule has 0 aliphatic rings. The minimum atomic E-state index is -0.901. The van der Waals surface area contributed by atoms with E-state index in [1.807, 2.05) is 0 Å². The summed E-state index contributed by atoms with van der Waals surface area (Å²) in [5.41, 5.74) is 6.61. The molecular formula is C20H40NO2. The maximum absolute atomic E-state index is 10.3. The maximum Gasteiger partial charge on any atom is 0.426 e. The van der Waals surface area contributed by atoms with Crippen molar-refractivity contribution in [3.8, 4) is 0 Å². The molecule has 0 saturated heterocycles. The van der Waals surface area contributed by atoms with Crippen molar-refractivity contribution in [2.45, 2.75) is 116 Å². The smallest absolute Gasteiger partial charge is 0.426 e. The fourth-order valence-corrected chi connectivity index (χ4v) is 2.99. The lowest BCUT2D eigenvalue weighted by molar-refractivity contribution is 0.152. The molecule has 1 amide bonds. The SMILES string of the molecule is CCCCCCCCCCCCCCCCCCCOC([NH])=O. The first-order valence-corrected chi connectivity index (χ1v) is 10.2. The van der Waals surface area contributed by atoms with Crippen molar-refractivity contribution in [3.05, 3.63) is 0 Å². The fraction of sp³-hybridized carbons (Fsp3) is 0.950. The normalized spacial score (nSPS) is 10.8. The number of hydrogen-bond donors (Lipinski definition) is 0. The van der Waals surface area contributed by atoms with Gasteiger partial charge in [-0.2, -0.15) is 0 Å². The molecule has 3 nitrogen and oxygen atoms in total. The summed E-state index contributed by atoms with van der Waals surface area (Å²) in [6.07, 6.45) is 22.0. The molecule has 137 valence electrons. The van der Waals surface area contributed by atoms with Gasteiger partial charge in [-0.25, -0.2) is 10.5 Å². The van der Waals surface area contributed by atoms with Crippen molar-refractivity contribution < 1.29 is 9.53 Å². The molecule has 0 spiro atoms. The van der Waals surface area contributed by atoms with E-state index in [-0.39, 0.29) is 0 Å². The Morgan fingerprint density at radius 2 is 0.913 bits per heavy atom. The zero-order chi connectivity index (χ0) is 17.0. The van der Waals surface area contributed by atoms with Crippen LogP contribution in [0.15, 0.2) is 0 Å². The Bertz CT molecular complexity index is 244. The zero-order valence-corrected chi connectivity index (χ0v) is 15.5. The van der Waals surface area contributed by atoms with Crippen molar-refractivity contribution in [1.82, 2.24) is 5.73 Å². The second-order valence-corrected chi connectivity index (χ2v) is 6.79. The quantitative estimate of drug-likeness (QED) is 0.253. The monoisotopic (exact) mass is 326 g/mol. The molecule has 0 aliphatic carbocycles. The lowest BCUT2D eigenvalue weighted by atomic mass is 10.0. The average molecular weight is 327 g/mol. The van der Waals surface area contributed by atoms with E-state index in [0.717, 1.165) is 12.8 Å². The van der Waals surface area contributed by atoms with Crippen LogP contribution in [0.3, 0.4) is 0 Å². The van der Waals surface area contributed by atoms with Gasteiger partial charge in [0.05, 0.1) is 6.61 Å². The number of carbonyl (C=O) groups is 1. The number of carbonyl (C=O) groups excluding carboxylic acids is 1. The Morgan fingerprint density at radius 1 is 0.609 bits per heavy atom. The van der Waals surface area contributed by atoms with Gasteiger partial charge >= 0.3 is 6.09 Å². The molecule has 0 fully saturated rings. The van der Waals surface area contributed by atoms with E-state index < -0.39 is 6.09 Å². The van der Waals surface area contributed by atoms with Gasteiger partial charge in [-0.3, -0.25) is 0 Å². The molecule has 0 rings (SSSR count). The van der Waals surface area contributed by atoms with Crippen LogP contribution in [0, 0.1) is 0 Å². The van der Waals surface area contributed by atoms with E-state index in [2.05, 4.69) is 11.7 Å². The maximum atomic E-state index is 10.3. The van der Waals surface area contributed by atoms with Crippen LogP contribution in [0.25, 0.3) is 0 Å². The predicted molar refractivity (Wildman–Crippen MR) is 98.6 cm³/mol. The first kappa shape index (κ1) is 22.3. The third-order valence-electron chi connectivity index (χ3n) is 4.48. The number of amides is 1.